The minimum Gasteiger partial charge on any atom is -0.495 e. The molecule has 1 aliphatic rings. The van der Waals surface area contributed by atoms with Gasteiger partial charge in [-0.05, 0) is 48.4 Å². The lowest BCUT2D eigenvalue weighted by Gasteiger charge is -2.36. The highest BCUT2D eigenvalue weighted by atomic mass is 16.5. The predicted octanol–water partition coefficient (Wildman–Crippen LogP) is 0.669. The zero-order valence-corrected chi connectivity index (χ0v) is 20.2. The number of benzene rings is 2. The molecule has 35 heavy (non-hydrogen) atoms. The van der Waals surface area contributed by atoms with Crippen molar-refractivity contribution in [2.24, 2.45) is 0 Å². The Morgan fingerprint density at radius 1 is 1.20 bits per heavy atom. The van der Waals surface area contributed by atoms with Gasteiger partial charge in [-0.2, -0.15) is 0 Å². The Hall–Kier alpha value is -3.42. The molecule has 2 aromatic carbocycles. The van der Waals surface area contributed by atoms with Crippen molar-refractivity contribution in [1.82, 2.24) is 10.6 Å². The van der Waals surface area contributed by atoms with Crippen molar-refractivity contribution in [1.29, 1.82) is 0 Å². The lowest BCUT2D eigenvalue weighted by molar-refractivity contribution is -0.179. The molecule has 0 spiro atoms. The maximum absolute atomic E-state index is 12.0. The first kappa shape index (κ1) is 27.8. The van der Waals surface area contributed by atoms with Crippen LogP contribution in [0.15, 0.2) is 36.4 Å². The third kappa shape index (κ3) is 7.53. The van der Waals surface area contributed by atoms with Crippen LogP contribution in [0.5, 0.6) is 5.75 Å². The van der Waals surface area contributed by atoms with E-state index in [4.69, 9.17) is 14.3 Å². The van der Waals surface area contributed by atoms with Gasteiger partial charge >= 0.3 is 0 Å². The Balaban J connectivity index is 0.00000100. The summed E-state index contributed by atoms with van der Waals surface area (Å²) in [6.45, 7) is 1.65. The van der Waals surface area contributed by atoms with E-state index in [1.807, 2.05) is 13.0 Å². The molecule has 1 aliphatic heterocycles. The van der Waals surface area contributed by atoms with Gasteiger partial charge in [0.15, 0.2) is 0 Å². The number of rotatable bonds is 5. The van der Waals surface area contributed by atoms with E-state index in [1.54, 1.807) is 44.4 Å². The predicted molar refractivity (Wildman–Crippen MR) is 130 cm³/mol. The van der Waals surface area contributed by atoms with Crippen LogP contribution in [0.1, 0.15) is 45.1 Å². The van der Waals surface area contributed by atoms with E-state index in [1.165, 1.54) is 7.11 Å². The Kier molecular flexibility index (Phi) is 10.7. The fourth-order valence-electron chi connectivity index (χ4n) is 3.62. The molecule has 9 heteroatoms. The number of methoxy groups -OCH3 is 1. The van der Waals surface area contributed by atoms with Gasteiger partial charge in [0, 0.05) is 31.6 Å². The highest BCUT2D eigenvalue weighted by molar-refractivity contribution is 5.94. The summed E-state index contributed by atoms with van der Waals surface area (Å²) in [7, 11) is 4.67. The molecule has 2 amide bonds. The average Bonchev–Trinajstić information content (AvgIpc) is 2.88. The first-order chi connectivity index (χ1) is 16.8. The molecule has 0 radical (unpaired) electrons. The van der Waals surface area contributed by atoms with E-state index >= 15 is 0 Å². The van der Waals surface area contributed by atoms with Crippen LogP contribution in [-0.4, -0.2) is 73.8 Å². The highest BCUT2D eigenvalue weighted by Gasteiger charge is 2.37. The summed E-state index contributed by atoms with van der Waals surface area (Å²) >= 11 is 0. The number of carbonyl (C=O) groups excluding carboxylic acids is 2. The number of carbonyl (C=O) groups is 2. The van der Waals surface area contributed by atoms with Crippen molar-refractivity contribution in [2.45, 2.75) is 37.8 Å². The van der Waals surface area contributed by atoms with Crippen LogP contribution >= 0.6 is 0 Å². The molecule has 0 bridgehead atoms. The van der Waals surface area contributed by atoms with Gasteiger partial charge in [-0.3, -0.25) is 9.59 Å². The minimum absolute atomic E-state index is 0.165. The molecular weight excluding hydrogens is 452 g/mol. The summed E-state index contributed by atoms with van der Waals surface area (Å²) in [6.07, 6.45) is -2.69. The van der Waals surface area contributed by atoms with E-state index < -0.39 is 24.4 Å². The van der Waals surface area contributed by atoms with E-state index in [0.717, 1.165) is 5.56 Å². The number of aryl methyl sites for hydroxylation is 1. The molecular formula is C26H32N2O7. The van der Waals surface area contributed by atoms with Gasteiger partial charge in [-0.15, -0.1) is 0 Å². The summed E-state index contributed by atoms with van der Waals surface area (Å²) in [5.41, 5.74) is 3.30. The number of hydrogen-bond donors (Lipinski definition) is 5. The minimum atomic E-state index is -1.12. The standard InChI is InChI=1S/C24H27NO6.C2H5NO/c1-14-8-15(10-18(9-14)24(29)25-2)4-5-16-11-17(6-7-21(16)30-3)23-22(28)20(27)12-19(13-26)31-23;1-3-2-4/h6-11,19-20,22-23,26-28H,12-13H2,1-3H3,(H,25,29);2H,1H3,(H,3,4)/t19?,20?,22?,23-;/m1./s1. The van der Waals surface area contributed by atoms with Gasteiger partial charge in [0.2, 0.25) is 6.41 Å². The Labute approximate surface area is 205 Å². The van der Waals surface area contributed by atoms with Crippen LogP contribution in [-0.2, 0) is 9.53 Å². The number of hydrogen-bond acceptors (Lipinski definition) is 7. The van der Waals surface area contributed by atoms with Crippen molar-refractivity contribution in [2.75, 3.05) is 27.8 Å². The number of amides is 2. The van der Waals surface area contributed by atoms with Crippen LogP contribution in [0.4, 0.5) is 0 Å². The number of ether oxygens (including phenoxy) is 2. The summed E-state index contributed by atoms with van der Waals surface area (Å²) in [4.78, 5) is 21.0. The quantitative estimate of drug-likeness (QED) is 0.311. The topological polar surface area (TPSA) is 137 Å². The second kappa shape index (κ2) is 13.5. The molecule has 1 saturated heterocycles. The maximum atomic E-state index is 12.0. The van der Waals surface area contributed by atoms with Crippen LogP contribution in [0.2, 0.25) is 0 Å². The molecule has 3 rings (SSSR count). The highest BCUT2D eigenvalue weighted by Crippen LogP contribution is 2.34. The number of aliphatic hydroxyl groups is 3. The zero-order valence-electron chi connectivity index (χ0n) is 20.2. The summed E-state index contributed by atoms with van der Waals surface area (Å²) in [5.74, 6) is 6.48. The fraction of sp³-hybridized carbons (Fsp3) is 0.385. The van der Waals surface area contributed by atoms with Crippen molar-refractivity contribution in [3.05, 3.63) is 64.2 Å². The Bertz CT molecular complexity index is 1080. The van der Waals surface area contributed by atoms with Crippen LogP contribution in [0.25, 0.3) is 0 Å². The fourth-order valence-corrected chi connectivity index (χ4v) is 3.62. The molecule has 1 fully saturated rings. The first-order valence-electron chi connectivity index (χ1n) is 11.0. The molecule has 9 nitrogen and oxygen atoms in total. The molecule has 2 aromatic rings. The van der Waals surface area contributed by atoms with Gasteiger partial charge in [-0.1, -0.05) is 17.9 Å². The number of aliphatic hydroxyl groups excluding tert-OH is 3. The molecule has 5 N–H and O–H groups in total. The third-order valence-electron chi connectivity index (χ3n) is 5.33. The van der Waals surface area contributed by atoms with E-state index in [2.05, 4.69) is 22.5 Å². The van der Waals surface area contributed by atoms with Crippen molar-refractivity contribution in [3.8, 4) is 17.6 Å². The van der Waals surface area contributed by atoms with Crippen molar-refractivity contribution < 1.29 is 34.4 Å². The number of nitrogens with one attached hydrogen (secondary N) is 2. The van der Waals surface area contributed by atoms with E-state index in [-0.39, 0.29) is 18.9 Å². The van der Waals surface area contributed by atoms with Gasteiger partial charge < -0.3 is 35.4 Å². The normalized spacial score (nSPS) is 20.9. The smallest absolute Gasteiger partial charge is 0.251 e. The largest absolute Gasteiger partial charge is 0.495 e. The van der Waals surface area contributed by atoms with Gasteiger partial charge in [0.25, 0.3) is 5.91 Å². The molecule has 4 atom stereocenters. The molecule has 0 saturated carbocycles. The molecule has 0 aliphatic carbocycles. The summed E-state index contributed by atoms with van der Waals surface area (Å²) in [6, 6.07) is 10.6. The first-order valence-corrected chi connectivity index (χ1v) is 11.0. The third-order valence-corrected chi connectivity index (χ3v) is 5.33. The molecule has 1 heterocycles. The lowest BCUT2D eigenvalue weighted by atomic mass is 9.92. The zero-order chi connectivity index (χ0) is 26.0. The second-order valence-corrected chi connectivity index (χ2v) is 7.94. The van der Waals surface area contributed by atoms with Crippen molar-refractivity contribution >= 4 is 12.3 Å². The molecule has 0 aromatic heterocycles. The van der Waals surface area contributed by atoms with Gasteiger partial charge in [-0.25, -0.2) is 0 Å². The van der Waals surface area contributed by atoms with Crippen LogP contribution in [0, 0.1) is 18.8 Å². The molecule has 3 unspecified atom stereocenters. The van der Waals surface area contributed by atoms with Gasteiger partial charge in [0.05, 0.1) is 31.5 Å². The Morgan fingerprint density at radius 2 is 1.91 bits per heavy atom. The van der Waals surface area contributed by atoms with E-state index in [9.17, 15) is 20.1 Å². The van der Waals surface area contributed by atoms with Gasteiger partial charge in [0.1, 0.15) is 18.0 Å². The maximum Gasteiger partial charge on any atom is 0.251 e. The average molecular weight is 485 g/mol. The Morgan fingerprint density at radius 3 is 2.51 bits per heavy atom. The van der Waals surface area contributed by atoms with Crippen molar-refractivity contribution in [3.63, 3.8) is 0 Å². The second-order valence-electron chi connectivity index (χ2n) is 7.94. The van der Waals surface area contributed by atoms with Crippen LogP contribution in [0.3, 0.4) is 0 Å². The lowest BCUT2D eigenvalue weighted by Crippen LogP contribution is -2.44. The molecule has 188 valence electrons. The van der Waals surface area contributed by atoms with E-state index in [0.29, 0.717) is 34.4 Å². The monoisotopic (exact) mass is 484 g/mol. The SMILES string of the molecule is CNC(=O)c1cc(C)cc(C#Cc2cc([C@H]3OC(CO)CC(O)C3O)ccc2OC)c1.CNC=O. The summed E-state index contributed by atoms with van der Waals surface area (Å²) < 4.78 is 11.2. The van der Waals surface area contributed by atoms with Crippen LogP contribution < -0.4 is 15.4 Å². The summed E-state index contributed by atoms with van der Waals surface area (Å²) in [5, 5.41) is 34.8.